The summed E-state index contributed by atoms with van der Waals surface area (Å²) >= 11 is 0. The second-order valence-corrected chi connectivity index (χ2v) is 7.98. The van der Waals surface area contributed by atoms with Gasteiger partial charge in [0, 0.05) is 18.3 Å². The Morgan fingerprint density at radius 3 is 2.53 bits per heavy atom. The summed E-state index contributed by atoms with van der Waals surface area (Å²) in [7, 11) is 0. The van der Waals surface area contributed by atoms with Gasteiger partial charge in [-0.05, 0) is 35.6 Å². The number of hydrogen-bond acceptors (Lipinski definition) is 5. The van der Waals surface area contributed by atoms with Gasteiger partial charge in [0.1, 0.15) is 19.3 Å². The Hall–Kier alpha value is -3.06. The van der Waals surface area contributed by atoms with Gasteiger partial charge in [0.05, 0.1) is 6.04 Å². The summed E-state index contributed by atoms with van der Waals surface area (Å²) in [4.78, 5) is 25.8. The van der Waals surface area contributed by atoms with Crippen LogP contribution in [0.25, 0.3) is 0 Å². The van der Waals surface area contributed by atoms with Crippen molar-refractivity contribution < 1.29 is 19.1 Å². The molecule has 2 amide bonds. The second kappa shape index (κ2) is 8.75. The van der Waals surface area contributed by atoms with Gasteiger partial charge in [-0.3, -0.25) is 9.59 Å². The average molecular weight is 409 g/mol. The smallest absolute Gasteiger partial charge is 0.247 e. The molecule has 2 heterocycles. The number of carbonyl (C=O) groups excluding carboxylic acids is 2. The molecule has 0 aliphatic carbocycles. The maximum absolute atomic E-state index is 12.9. The largest absolute Gasteiger partial charge is 0.486 e. The zero-order valence-corrected chi connectivity index (χ0v) is 17.2. The van der Waals surface area contributed by atoms with Crippen LogP contribution in [0.1, 0.15) is 25.0 Å². The Labute approximate surface area is 176 Å². The highest BCUT2D eigenvalue weighted by atomic mass is 16.6. The van der Waals surface area contributed by atoms with Crippen molar-refractivity contribution in [2.24, 2.45) is 5.92 Å². The fourth-order valence-corrected chi connectivity index (χ4v) is 3.77. The minimum absolute atomic E-state index is 0.0676. The zero-order chi connectivity index (χ0) is 21.1. The molecule has 30 heavy (non-hydrogen) atoms. The number of hydrogen-bond donors (Lipinski definition) is 3. The van der Waals surface area contributed by atoms with Crippen LogP contribution in [-0.2, 0) is 22.6 Å². The number of anilines is 1. The summed E-state index contributed by atoms with van der Waals surface area (Å²) in [6.45, 7) is 5.46. The normalized spacial score (nSPS) is 18.3. The molecule has 2 aromatic rings. The molecule has 2 aliphatic rings. The summed E-state index contributed by atoms with van der Waals surface area (Å²) in [5.74, 6) is 0.777. The Bertz CT molecular complexity index is 944. The van der Waals surface area contributed by atoms with Gasteiger partial charge >= 0.3 is 0 Å². The molecule has 0 fully saturated rings. The first-order valence-electron chi connectivity index (χ1n) is 10.3. The van der Waals surface area contributed by atoms with E-state index in [1.54, 1.807) is 18.2 Å². The maximum Gasteiger partial charge on any atom is 0.247 e. The standard InChI is InChI=1S/C23H27N3O4/c1-14(2)21(23(28)25-17-7-8-19-20(12-17)30-10-9-29-19)26-22(27)18-11-15-5-3-4-6-16(15)13-24-18/h3-8,12,14,18,21,24H,9-11,13H2,1-2H3,(H,25,28)(H,26,27)/t18-,21+/m1/s1. The SMILES string of the molecule is CC(C)[C@H](NC(=O)[C@H]1Cc2ccccc2CN1)C(=O)Nc1ccc2c(c1)OCCO2. The Balaban J connectivity index is 1.41. The van der Waals surface area contributed by atoms with Crippen LogP contribution in [0.2, 0.25) is 0 Å². The van der Waals surface area contributed by atoms with Gasteiger partial charge in [0.2, 0.25) is 11.8 Å². The van der Waals surface area contributed by atoms with Crippen LogP contribution in [0.15, 0.2) is 42.5 Å². The first-order valence-corrected chi connectivity index (χ1v) is 10.3. The van der Waals surface area contributed by atoms with E-state index in [9.17, 15) is 9.59 Å². The van der Waals surface area contributed by atoms with E-state index in [0.29, 0.717) is 43.4 Å². The molecule has 7 nitrogen and oxygen atoms in total. The highest BCUT2D eigenvalue weighted by Crippen LogP contribution is 2.32. The number of fused-ring (bicyclic) bond motifs is 2. The van der Waals surface area contributed by atoms with Crippen molar-refractivity contribution in [2.75, 3.05) is 18.5 Å². The van der Waals surface area contributed by atoms with Gasteiger partial charge in [0.25, 0.3) is 0 Å². The van der Waals surface area contributed by atoms with E-state index < -0.39 is 6.04 Å². The van der Waals surface area contributed by atoms with Crippen molar-refractivity contribution in [1.29, 1.82) is 0 Å². The van der Waals surface area contributed by atoms with E-state index in [4.69, 9.17) is 9.47 Å². The van der Waals surface area contributed by atoms with Gasteiger partial charge in [-0.2, -0.15) is 0 Å². The fourth-order valence-electron chi connectivity index (χ4n) is 3.77. The predicted octanol–water partition coefficient (Wildman–Crippen LogP) is 2.25. The topological polar surface area (TPSA) is 88.7 Å². The molecular formula is C23H27N3O4. The fraction of sp³-hybridized carbons (Fsp3) is 0.391. The first-order chi connectivity index (χ1) is 14.5. The Morgan fingerprint density at radius 1 is 1.03 bits per heavy atom. The molecule has 0 unspecified atom stereocenters. The highest BCUT2D eigenvalue weighted by molar-refractivity contribution is 5.98. The third kappa shape index (κ3) is 4.41. The number of benzene rings is 2. The van der Waals surface area contributed by atoms with E-state index in [1.165, 1.54) is 11.1 Å². The third-order valence-electron chi connectivity index (χ3n) is 5.45. The second-order valence-electron chi connectivity index (χ2n) is 7.98. The molecule has 0 radical (unpaired) electrons. The quantitative estimate of drug-likeness (QED) is 0.705. The van der Waals surface area contributed by atoms with Crippen LogP contribution in [0.5, 0.6) is 11.5 Å². The zero-order valence-electron chi connectivity index (χ0n) is 17.2. The minimum atomic E-state index is -0.648. The molecule has 2 aliphatic heterocycles. The summed E-state index contributed by atoms with van der Waals surface area (Å²) in [6.07, 6.45) is 0.608. The minimum Gasteiger partial charge on any atom is -0.486 e. The molecule has 0 spiro atoms. The van der Waals surface area contributed by atoms with Crippen LogP contribution < -0.4 is 25.4 Å². The lowest BCUT2D eigenvalue weighted by molar-refractivity contribution is -0.128. The molecule has 0 bridgehead atoms. The monoisotopic (exact) mass is 409 g/mol. The predicted molar refractivity (Wildman–Crippen MR) is 114 cm³/mol. The summed E-state index contributed by atoms with van der Waals surface area (Å²) in [6, 6.07) is 12.4. The van der Waals surface area contributed by atoms with Gasteiger partial charge in [-0.15, -0.1) is 0 Å². The maximum atomic E-state index is 12.9. The molecule has 2 aromatic carbocycles. The third-order valence-corrected chi connectivity index (χ3v) is 5.45. The van der Waals surface area contributed by atoms with E-state index in [0.717, 1.165) is 0 Å². The average Bonchev–Trinajstić information content (AvgIpc) is 2.76. The lowest BCUT2D eigenvalue weighted by Crippen LogP contribution is -2.54. The summed E-state index contributed by atoms with van der Waals surface area (Å²) < 4.78 is 11.1. The van der Waals surface area contributed by atoms with Crippen LogP contribution in [-0.4, -0.2) is 37.1 Å². The van der Waals surface area contributed by atoms with Crippen molar-refractivity contribution in [1.82, 2.24) is 10.6 Å². The van der Waals surface area contributed by atoms with Crippen molar-refractivity contribution in [3.05, 3.63) is 53.6 Å². The Morgan fingerprint density at radius 2 is 1.77 bits per heavy atom. The highest BCUT2D eigenvalue weighted by Gasteiger charge is 2.30. The molecule has 0 aromatic heterocycles. The van der Waals surface area contributed by atoms with E-state index in [-0.39, 0.29) is 23.8 Å². The van der Waals surface area contributed by atoms with Gasteiger partial charge in [-0.1, -0.05) is 38.1 Å². The van der Waals surface area contributed by atoms with Crippen LogP contribution in [0.3, 0.4) is 0 Å². The molecule has 3 N–H and O–H groups in total. The van der Waals surface area contributed by atoms with Crippen LogP contribution in [0, 0.1) is 5.92 Å². The van der Waals surface area contributed by atoms with Crippen molar-refractivity contribution in [2.45, 2.75) is 38.9 Å². The number of ether oxygens (including phenoxy) is 2. The molecule has 7 heteroatoms. The first kappa shape index (κ1) is 20.2. The lowest BCUT2D eigenvalue weighted by atomic mass is 9.94. The number of nitrogens with one attached hydrogen (secondary N) is 3. The van der Waals surface area contributed by atoms with E-state index in [2.05, 4.69) is 22.0 Å². The van der Waals surface area contributed by atoms with E-state index in [1.807, 2.05) is 32.0 Å². The van der Waals surface area contributed by atoms with Gasteiger partial charge < -0.3 is 25.4 Å². The summed E-state index contributed by atoms with van der Waals surface area (Å²) in [5.41, 5.74) is 2.98. The van der Waals surface area contributed by atoms with Gasteiger partial charge in [-0.25, -0.2) is 0 Å². The number of amides is 2. The number of carbonyl (C=O) groups is 2. The van der Waals surface area contributed by atoms with Crippen molar-refractivity contribution in [3.63, 3.8) is 0 Å². The molecule has 2 atom stereocenters. The van der Waals surface area contributed by atoms with Crippen molar-refractivity contribution >= 4 is 17.5 Å². The van der Waals surface area contributed by atoms with Crippen molar-refractivity contribution in [3.8, 4) is 11.5 Å². The molecule has 158 valence electrons. The number of rotatable bonds is 5. The molecule has 0 saturated heterocycles. The molecular weight excluding hydrogens is 382 g/mol. The molecule has 0 saturated carbocycles. The van der Waals surface area contributed by atoms with E-state index >= 15 is 0 Å². The van der Waals surface area contributed by atoms with Crippen LogP contribution >= 0.6 is 0 Å². The van der Waals surface area contributed by atoms with Gasteiger partial charge in [0.15, 0.2) is 11.5 Å². The van der Waals surface area contributed by atoms with Crippen LogP contribution in [0.4, 0.5) is 5.69 Å². The molecule has 4 rings (SSSR count). The Kier molecular flexibility index (Phi) is 5.90. The summed E-state index contributed by atoms with van der Waals surface area (Å²) in [5, 5.41) is 9.09. The lowest BCUT2D eigenvalue weighted by Gasteiger charge is -2.28.